The van der Waals surface area contributed by atoms with E-state index >= 15 is 0 Å². The lowest BCUT2D eigenvalue weighted by Crippen LogP contribution is -2.61. The lowest BCUT2D eigenvalue weighted by atomic mass is 9.38. The average Bonchev–Trinajstić information content (AvgIpc) is 3.26. The van der Waals surface area contributed by atoms with Crippen LogP contribution in [0.1, 0.15) is 92.4 Å². The zero-order valence-corrected chi connectivity index (χ0v) is 22.9. The van der Waals surface area contributed by atoms with E-state index in [2.05, 4.69) is 20.8 Å². The molecule has 0 aromatic carbocycles. The van der Waals surface area contributed by atoms with Crippen molar-refractivity contribution in [2.75, 3.05) is 6.61 Å². The van der Waals surface area contributed by atoms with E-state index in [1.54, 1.807) is 0 Å². The van der Waals surface area contributed by atoms with Gasteiger partial charge in [-0.05, 0) is 73.5 Å². The van der Waals surface area contributed by atoms with E-state index in [1.807, 2.05) is 0 Å². The molecule has 3 heterocycles. The van der Waals surface area contributed by atoms with E-state index in [4.69, 9.17) is 23.7 Å². The minimum absolute atomic E-state index is 0.0143. The van der Waals surface area contributed by atoms with Gasteiger partial charge in [0, 0.05) is 25.2 Å². The van der Waals surface area contributed by atoms with Gasteiger partial charge in [0.2, 0.25) is 6.29 Å². The van der Waals surface area contributed by atoms with Gasteiger partial charge in [0.05, 0.1) is 13.0 Å². The van der Waals surface area contributed by atoms with Crippen LogP contribution in [0.4, 0.5) is 0 Å². The molecule has 0 radical (unpaired) electrons. The first-order chi connectivity index (χ1) is 17.4. The fraction of sp³-hybridized carbons (Fsp3) is 0.897. The van der Waals surface area contributed by atoms with Crippen molar-refractivity contribution in [3.05, 3.63) is 0 Å². The monoisotopic (exact) mass is 518 g/mol. The number of hydrogen-bond donors (Lipinski definition) is 0. The number of carbonyl (C=O) groups excluding carboxylic acids is 3. The molecule has 6 aliphatic rings. The number of hydrogen-bond acceptors (Lipinski definition) is 8. The SMILES string of the molecule is CC(=O)OCC1(C)CCCC2(C)C1CCC1(C)C3CC(OC(C)=O)C45CC(=O)OC4OC(O5)C3CCC12. The van der Waals surface area contributed by atoms with Crippen LogP contribution in [-0.4, -0.2) is 48.8 Å². The minimum Gasteiger partial charge on any atom is -0.465 e. The summed E-state index contributed by atoms with van der Waals surface area (Å²) in [4.78, 5) is 36.2. The first-order valence-electron chi connectivity index (χ1n) is 14.2. The molecule has 11 unspecified atom stereocenters. The summed E-state index contributed by atoms with van der Waals surface area (Å²) in [6.45, 7) is 10.7. The van der Waals surface area contributed by atoms with Crippen molar-refractivity contribution in [3.8, 4) is 0 Å². The molecule has 3 saturated carbocycles. The Morgan fingerprint density at radius 2 is 1.76 bits per heavy atom. The van der Waals surface area contributed by atoms with Crippen molar-refractivity contribution in [2.24, 2.45) is 39.9 Å². The van der Waals surface area contributed by atoms with Gasteiger partial charge in [0.15, 0.2) is 11.9 Å². The van der Waals surface area contributed by atoms with Crippen LogP contribution in [0.25, 0.3) is 0 Å². The normalized spacial score (nSPS) is 52.0. The standard InChI is InChI=1S/C29H42O8/c1-16(30)33-15-26(3)10-6-11-28(5)20(26)9-12-27(4)19-13-22(34-17(2)31)29-14-23(32)35-25(29)36-24(37-29)18(19)7-8-21(27)28/h18-22,24-25H,6-15H2,1-5H3. The average molecular weight is 519 g/mol. The highest BCUT2D eigenvalue weighted by atomic mass is 16.8. The van der Waals surface area contributed by atoms with Gasteiger partial charge in [-0.2, -0.15) is 0 Å². The number of carbonyl (C=O) groups is 3. The van der Waals surface area contributed by atoms with Crippen LogP contribution in [0.5, 0.6) is 0 Å². The fourth-order valence-corrected chi connectivity index (χ4v) is 10.3. The Kier molecular flexibility index (Phi) is 5.82. The molecule has 8 heteroatoms. The molecule has 1 spiro atoms. The zero-order valence-electron chi connectivity index (χ0n) is 22.9. The molecule has 3 aliphatic heterocycles. The van der Waals surface area contributed by atoms with Gasteiger partial charge >= 0.3 is 17.9 Å². The molecule has 0 amide bonds. The van der Waals surface area contributed by atoms with Gasteiger partial charge in [-0.25, -0.2) is 0 Å². The predicted octanol–water partition coefficient (Wildman–Crippen LogP) is 4.52. The molecule has 206 valence electrons. The highest BCUT2D eigenvalue weighted by molar-refractivity contribution is 5.74. The van der Waals surface area contributed by atoms with Crippen LogP contribution in [0.3, 0.4) is 0 Å². The van der Waals surface area contributed by atoms with E-state index in [0.717, 1.165) is 38.5 Å². The Labute approximate surface area is 219 Å². The lowest BCUT2D eigenvalue weighted by Gasteiger charge is -2.67. The lowest BCUT2D eigenvalue weighted by molar-refractivity contribution is -0.226. The molecule has 0 aromatic heterocycles. The first kappa shape index (κ1) is 25.6. The summed E-state index contributed by atoms with van der Waals surface area (Å²) >= 11 is 0. The summed E-state index contributed by atoms with van der Waals surface area (Å²) in [7, 11) is 0. The molecule has 11 atom stereocenters. The van der Waals surface area contributed by atoms with E-state index in [9.17, 15) is 14.4 Å². The molecule has 3 saturated heterocycles. The van der Waals surface area contributed by atoms with E-state index in [1.165, 1.54) is 20.3 Å². The van der Waals surface area contributed by atoms with Crippen LogP contribution in [0.15, 0.2) is 0 Å². The minimum atomic E-state index is -1.05. The quantitative estimate of drug-likeness (QED) is 0.397. The van der Waals surface area contributed by atoms with Crippen LogP contribution in [0.2, 0.25) is 0 Å². The van der Waals surface area contributed by atoms with Crippen LogP contribution in [-0.2, 0) is 38.1 Å². The second kappa shape index (κ2) is 8.41. The van der Waals surface area contributed by atoms with Gasteiger partial charge < -0.3 is 23.7 Å². The molecular weight excluding hydrogens is 476 g/mol. The second-order valence-corrected chi connectivity index (χ2v) is 13.7. The molecular formula is C29H42O8. The topological polar surface area (TPSA) is 97.4 Å². The van der Waals surface area contributed by atoms with Crippen LogP contribution in [0, 0.1) is 39.9 Å². The fourth-order valence-electron chi connectivity index (χ4n) is 10.3. The summed E-state index contributed by atoms with van der Waals surface area (Å²) in [5, 5.41) is 0. The molecule has 0 aromatic rings. The van der Waals surface area contributed by atoms with Gasteiger partial charge in [-0.3, -0.25) is 14.4 Å². The Bertz CT molecular complexity index is 996. The third kappa shape index (κ3) is 3.64. The number of ether oxygens (including phenoxy) is 5. The zero-order chi connectivity index (χ0) is 26.4. The molecule has 6 rings (SSSR count). The maximum Gasteiger partial charge on any atom is 0.311 e. The van der Waals surface area contributed by atoms with Crippen molar-refractivity contribution in [3.63, 3.8) is 0 Å². The molecule has 3 aliphatic carbocycles. The van der Waals surface area contributed by atoms with E-state index < -0.39 is 24.3 Å². The van der Waals surface area contributed by atoms with Gasteiger partial charge in [-0.15, -0.1) is 0 Å². The molecule has 0 N–H and O–H groups in total. The molecule has 8 nitrogen and oxygen atoms in total. The second-order valence-electron chi connectivity index (χ2n) is 13.7. The van der Waals surface area contributed by atoms with Gasteiger partial charge in [-0.1, -0.05) is 27.2 Å². The highest BCUT2D eigenvalue weighted by Gasteiger charge is 2.71. The van der Waals surface area contributed by atoms with Crippen LogP contribution >= 0.6 is 0 Å². The number of fused-ring (bicyclic) bond motifs is 7. The van der Waals surface area contributed by atoms with Crippen molar-refractivity contribution >= 4 is 17.9 Å². The predicted molar refractivity (Wildman–Crippen MR) is 131 cm³/mol. The van der Waals surface area contributed by atoms with Crippen molar-refractivity contribution in [2.45, 2.75) is 117 Å². The van der Waals surface area contributed by atoms with Crippen molar-refractivity contribution < 1.29 is 38.1 Å². The smallest absolute Gasteiger partial charge is 0.311 e. The third-order valence-corrected chi connectivity index (χ3v) is 11.7. The van der Waals surface area contributed by atoms with Gasteiger partial charge in [0.25, 0.3) is 0 Å². The summed E-state index contributed by atoms with van der Waals surface area (Å²) < 4.78 is 29.9. The number of rotatable bonds is 3. The first-order valence-corrected chi connectivity index (χ1v) is 14.2. The van der Waals surface area contributed by atoms with Crippen LogP contribution < -0.4 is 0 Å². The highest BCUT2D eigenvalue weighted by Crippen LogP contribution is 2.71. The maximum absolute atomic E-state index is 12.3. The largest absolute Gasteiger partial charge is 0.465 e. The van der Waals surface area contributed by atoms with Crippen molar-refractivity contribution in [1.82, 2.24) is 0 Å². The maximum atomic E-state index is 12.3. The Balaban J connectivity index is 1.34. The summed E-state index contributed by atoms with van der Waals surface area (Å²) in [5.74, 6) is 0.468. The van der Waals surface area contributed by atoms with E-state index in [-0.39, 0.29) is 52.4 Å². The Morgan fingerprint density at radius 1 is 0.973 bits per heavy atom. The Morgan fingerprint density at radius 3 is 2.49 bits per heavy atom. The molecule has 37 heavy (non-hydrogen) atoms. The van der Waals surface area contributed by atoms with Gasteiger partial charge in [0.1, 0.15) is 6.10 Å². The molecule has 2 bridgehead atoms. The summed E-state index contributed by atoms with van der Waals surface area (Å²) in [5.41, 5.74) is -0.897. The molecule has 6 fully saturated rings. The summed E-state index contributed by atoms with van der Waals surface area (Å²) in [6, 6.07) is 0. The third-order valence-electron chi connectivity index (χ3n) is 11.7. The van der Waals surface area contributed by atoms with E-state index in [0.29, 0.717) is 24.9 Å². The van der Waals surface area contributed by atoms with Crippen molar-refractivity contribution in [1.29, 1.82) is 0 Å². The summed E-state index contributed by atoms with van der Waals surface area (Å²) in [6.07, 6.45) is 6.51. The Hall–Kier alpha value is -1.67. The number of esters is 3.